The summed E-state index contributed by atoms with van der Waals surface area (Å²) in [6, 6.07) is 3.91. The third kappa shape index (κ3) is 1.52. The van der Waals surface area contributed by atoms with Gasteiger partial charge in [-0.3, -0.25) is 0 Å². The Bertz CT molecular complexity index is 694. The summed E-state index contributed by atoms with van der Waals surface area (Å²) >= 11 is 3.60. The number of nitrogens with two attached hydrogens (primary N) is 1. The third-order valence-corrected chi connectivity index (χ3v) is 3.92. The highest BCUT2D eigenvalue weighted by Crippen LogP contribution is 2.41. The molecule has 0 spiro atoms. The molecule has 0 radical (unpaired) electrons. The lowest BCUT2D eigenvalue weighted by Gasteiger charge is -2.09. The van der Waals surface area contributed by atoms with Crippen molar-refractivity contribution >= 4 is 37.9 Å². The first-order chi connectivity index (χ1) is 8.49. The fourth-order valence-electron chi connectivity index (χ4n) is 2.45. The maximum Gasteiger partial charge on any atom is 0.149 e. The first-order valence-electron chi connectivity index (χ1n) is 5.86. The van der Waals surface area contributed by atoms with Crippen LogP contribution in [0.2, 0.25) is 0 Å². The first-order valence-corrected chi connectivity index (χ1v) is 6.65. The summed E-state index contributed by atoms with van der Waals surface area (Å²) in [6.07, 6.45) is 0. The van der Waals surface area contributed by atoms with Crippen molar-refractivity contribution in [3.63, 3.8) is 0 Å². The second kappa shape index (κ2) is 3.87. The van der Waals surface area contributed by atoms with E-state index < -0.39 is 0 Å². The van der Waals surface area contributed by atoms with Gasteiger partial charge in [-0.25, -0.2) is 0 Å². The zero-order valence-electron chi connectivity index (χ0n) is 10.5. The molecule has 0 amide bonds. The molecule has 1 aromatic carbocycles. The largest absolute Gasteiger partial charge is 0.461 e. The molecule has 4 heteroatoms. The number of hydrogen-bond donors (Lipinski definition) is 1. The average Bonchev–Trinajstić information content (AvgIpc) is 2.81. The summed E-state index contributed by atoms with van der Waals surface area (Å²) in [4.78, 5) is 0. The van der Waals surface area contributed by atoms with E-state index in [1.165, 1.54) is 0 Å². The molecule has 0 bridgehead atoms. The Balaban J connectivity index is 2.60. The zero-order chi connectivity index (χ0) is 13.0. The highest BCUT2D eigenvalue weighted by atomic mass is 79.9. The molecular formula is C14H14BrNO2. The van der Waals surface area contributed by atoms with Gasteiger partial charge in [0.05, 0.1) is 4.47 Å². The van der Waals surface area contributed by atoms with E-state index >= 15 is 0 Å². The summed E-state index contributed by atoms with van der Waals surface area (Å²) in [5.74, 6) is 1.74. The van der Waals surface area contributed by atoms with Gasteiger partial charge >= 0.3 is 0 Å². The summed E-state index contributed by atoms with van der Waals surface area (Å²) in [5.41, 5.74) is 8.80. The Morgan fingerprint density at radius 1 is 1.06 bits per heavy atom. The Kier molecular flexibility index (Phi) is 2.54. The SMILES string of the molecule is Cc1cc2c(C(C)N)c3oc(C)cc3c(Br)c2o1. The predicted molar refractivity (Wildman–Crippen MR) is 75.8 cm³/mol. The number of benzene rings is 1. The van der Waals surface area contributed by atoms with Crippen molar-refractivity contribution < 1.29 is 8.83 Å². The quantitative estimate of drug-likeness (QED) is 0.716. The van der Waals surface area contributed by atoms with Crippen LogP contribution < -0.4 is 5.73 Å². The lowest BCUT2D eigenvalue weighted by atomic mass is 10.0. The third-order valence-electron chi connectivity index (χ3n) is 3.14. The Hall–Kier alpha value is -1.26. The van der Waals surface area contributed by atoms with Crippen molar-refractivity contribution in [2.45, 2.75) is 26.8 Å². The van der Waals surface area contributed by atoms with Gasteiger partial charge in [0.1, 0.15) is 22.7 Å². The molecule has 18 heavy (non-hydrogen) atoms. The molecule has 3 nitrogen and oxygen atoms in total. The monoisotopic (exact) mass is 307 g/mol. The lowest BCUT2D eigenvalue weighted by Crippen LogP contribution is -2.05. The zero-order valence-corrected chi connectivity index (χ0v) is 12.1. The van der Waals surface area contributed by atoms with Crippen LogP contribution in [0.4, 0.5) is 0 Å². The molecule has 94 valence electrons. The van der Waals surface area contributed by atoms with Crippen LogP contribution in [0.15, 0.2) is 25.4 Å². The van der Waals surface area contributed by atoms with Gasteiger partial charge in [0.2, 0.25) is 0 Å². The summed E-state index contributed by atoms with van der Waals surface area (Å²) < 4.78 is 12.5. The number of fused-ring (bicyclic) bond motifs is 2. The van der Waals surface area contributed by atoms with E-state index in [9.17, 15) is 0 Å². The van der Waals surface area contributed by atoms with Crippen LogP contribution in [0.25, 0.3) is 21.9 Å². The number of furan rings is 2. The van der Waals surface area contributed by atoms with Gasteiger partial charge < -0.3 is 14.6 Å². The van der Waals surface area contributed by atoms with Gasteiger partial charge in [-0.15, -0.1) is 0 Å². The van der Waals surface area contributed by atoms with Gasteiger partial charge in [-0.1, -0.05) is 0 Å². The van der Waals surface area contributed by atoms with E-state index in [-0.39, 0.29) is 6.04 Å². The molecule has 1 unspecified atom stereocenters. The summed E-state index contributed by atoms with van der Waals surface area (Å²) in [6.45, 7) is 5.83. The Morgan fingerprint density at radius 3 is 2.22 bits per heavy atom. The van der Waals surface area contributed by atoms with Gasteiger partial charge in [0, 0.05) is 22.4 Å². The highest BCUT2D eigenvalue weighted by molar-refractivity contribution is 9.10. The molecular weight excluding hydrogens is 294 g/mol. The predicted octanol–water partition coefficient (Wildman–Crippen LogP) is 4.58. The van der Waals surface area contributed by atoms with Gasteiger partial charge in [-0.05, 0) is 48.8 Å². The number of hydrogen-bond acceptors (Lipinski definition) is 3. The molecule has 0 aliphatic rings. The summed E-state index contributed by atoms with van der Waals surface area (Å²) in [5, 5.41) is 2.04. The molecule has 0 aliphatic heterocycles. The van der Waals surface area contributed by atoms with Crippen molar-refractivity contribution in [2.24, 2.45) is 5.73 Å². The van der Waals surface area contributed by atoms with Crippen LogP contribution in [-0.4, -0.2) is 0 Å². The number of rotatable bonds is 1. The van der Waals surface area contributed by atoms with Gasteiger partial charge in [0.25, 0.3) is 0 Å². The van der Waals surface area contributed by atoms with Crippen molar-refractivity contribution in [3.05, 3.63) is 33.7 Å². The standard InChI is InChI=1S/C14H14BrNO2/c1-6-4-9-11(8(3)16)13-10(5-7(2)17-13)12(15)14(9)18-6/h4-5,8H,16H2,1-3H3. The molecule has 1 atom stereocenters. The minimum atomic E-state index is -0.106. The molecule has 3 aromatic rings. The molecule has 3 rings (SSSR count). The van der Waals surface area contributed by atoms with E-state index in [1.807, 2.05) is 32.9 Å². The molecule has 2 aromatic heterocycles. The minimum Gasteiger partial charge on any atom is -0.461 e. The maximum atomic E-state index is 6.10. The van der Waals surface area contributed by atoms with Crippen LogP contribution in [-0.2, 0) is 0 Å². The second-order valence-electron chi connectivity index (χ2n) is 4.72. The molecule has 2 heterocycles. The van der Waals surface area contributed by atoms with E-state index in [0.717, 1.165) is 43.5 Å². The molecule has 2 N–H and O–H groups in total. The normalized spacial score (nSPS) is 13.6. The Labute approximate surface area is 113 Å². The number of aryl methyl sites for hydroxylation is 2. The molecule has 0 saturated carbocycles. The second-order valence-corrected chi connectivity index (χ2v) is 5.51. The van der Waals surface area contributed by atoms with Crippen molar-refractivity contribution in [1.82, 2.24) is 0 Å². The minimum absolute atomic E-state index is 0.106. The van der Waals surface area contributed by atoms with Crippen LogP contribution in [0.3, 0.4) is 0 Å². The van der Waals surface area contributed by atoms with E-state index in [0.29, 0.717) is 0 Å². The highest BCUT2D eigenvalue weighted by Gasteiger charge is 2.21. The lowest BCUT2D eigenvalue weighted by molar-refractivity contribution is 0.569. The Morgan fingerprint density at radius 2 is 1.61 bits per heavy atom. The van der Waals surface area contributed by atoms with Crippen molar-refractivity contribution in [1.29, 1.82) is 0 Å². The molecule has 0 aliphatic carbocycles. The molecule has 0 saturated heterocycles. The number of halogens is 1. The average molecular weight is 308 g/mol. The van der Waals surface area contributed by atoms with E-state index in [4.69, 9.17) is 14.6 Å². The smallest absolute Gasteiger partial charge is 0.149 e. The maximum absolute atomic E-state index is 6.10. The van der Waals surface area contributed by atoms with E-state index in [1.54, 1.807) is 0 Å². The van der Waals surface area contributed by atoms with E-state index in [2.05, 4.69) is 15.9 Å². The first kappa shape index (κ1) is 11.8. The fraction of sp³-hybridized carbons (Fsp3) is 0.286. The van der Waals surface area contributed by atoms with Crippen LogP contribution in [0, 0.1) is 13.8 Å². The van der Waals surface area contributed by atoms with Crippen LogP contribution >= 0.6 is 15.9 Å². The topological polar surface area (TPSA) is 52.3 Å². The van der Waals surface area contributed by atoms with Gasteiger partial charge in [0.15, 0.2) is 0 Å². The van der Waals surface area contributed by atoms with Crippen molar-refractivity contribution in [2.75, 3.05) is 0 Å². The van der Waals surface area contributed by atoms with Gasteiger partial charge in [-0.2, -0.15) is 0 Å². The molecule has 0 fully saturated rings. The van der Waals surface area contributed by atoms with Crippen LogP contribution in [0.5, 0.6) is 0 Å². The van der Waals surface area contributed by atoms with Crippen molar-refractivity contribution in [3.8, 4) is 0 Å². The van der Waals surface area contributed by atoms with Crippen LogP contribution in [0.1, 0.15) is 30.0 Å². The fourth-order valence-corrected chi connectivity index (χ4v) is 3.04. The summed E-state index contributed by atoms with van der Waals surface area (Å²) in [7, 11) is 0.